The minimum absolute atomic E-state index is 0.0304. The van der Waals surface area contributed by atoms with E-state index in [9.17, 15) is 4.79 Å². The molecular weight excluding hydrogens is 278 g/mol. The Balaban J connectivity index is 2.09. The van der Waals surface area contributed by atoms with E-state index in [0.29, 0.717) is 5.71 Å². The first-order valence-electron chi connectivity index (χ1n) is 7.06. The Morgan fingerprint density at radius 2 is 1.82 bits per heavy atom. The largest absolute Gasteiger partial charge is 0.497 e. The van der Waals surface area contributed by atoms with Crippen LogP contribution in [0.5, 0.6) is 5.75 Å². The zero-order chi connectivity index (χ0) is 16.1. The van der Waals surface area contributed by atoms with Gasteiger partial charge in [0.2, 0.25) is 0 Å². The SMILES string of the molecule is COc1cccc(CC(C)C(=N)c2ccc(C(=O)O)cc2)c1. The predicted molar refractivity (Wildman–Crippen MR) is 86.1 cm³/mol. The Morgan fingerprint density at radius 1 is 1.18 bits per heavy atom. The van der Waals surface area contributed by atoms with E-state index >= 15 is 0 Å². The molecular formula is C18H19NO3. The molecule has 0 saturated carbocycles. The highest BCUT2D eigenvalue weighted by Gasteiger charge is 2.13. The van der Waals surface area contributed by atoms with Crippen molar-refractivity contribution in [3.05, 3.63) is 65.2 Å². The van der Waals surface area contributed by atoms with Crippen molar-refractivity contribution >= 4 is 11.7 Å². The first kappa shape index (κ1) is 15.8. The number of methoxy groups -OCH3 is 1. The Kier molecular flexibility index (Phi) is 4.94. The van der Waals surface area contributed by atoms with E-state index in [0.717, 1.165) is 23.3 Å². The number of hydrogen-bond donors (Lipinski definition) is 2. The standard InChI is InChI=1S/C18H19NO3/c1-12(10-13-4-3-5-16(11-13)22-2)17(19)14-6-8-15(9-7-14)18(20)21/h3-9,11-12,19H,10H2,1-2H3,(H,20,21). The molecule has 0 aliphatic carbocycles. The smallest absolute Gasteiger partial charge is 0.335 e. The lowest BCUT2D eigenvalue weighted by atomic mass is 9.92. The molecule has 2 aromatic rings. The predicted octanol–water partition coefficient (Wildman–Crippen LogP) is 3.64. The minimum atomic E-state index is -0.956. The van der Waals surface area contributed by atoms with Crippen LogP contribution in [0, 0.1) is 11.3 Å². The van der Waals surface area contributed by atoms with Gasteiger partial charge in [0.25, 0.3) is 0 Å². The van der Waals surface area contributed by atoms with Crippen molar-refractivity contribution in [2.75, 3.05) is 7.11 Å². The Bertz CT molecular complexity index is 677. The summed E-state index contributed by atoms with van der Waals surface area (Å²) in [4.78, 5) is 10.9. The molecule has 0 amide bonds. The van der Waals surface area contributed by atoms with Crippen LogP contribution in [0.15, 0.2) is 48.5 Å². The molecule has 1 unspecified atom stereocenters. The lowest BCUT2D eigenvalue weighted by Gasteiger charge is -2.14. The molecule has 4 heteroatoms. The van der Waals surface area contributed by atoms with E-state index in [-0.39, 0.29) is 11.5 Å². The molecule has 2 aromatic carbocycles. The summed E-state index contributed by atoms with van der Waals surface area (Å²) in [5.41, 5.74) is 2.59. The average molecular weight is 297 g/mol. The van der Waals surface area contributed by atoms with Crippen molar-refractivity contribution in [1.82, 2.24) is 0 Å². The Labute approximate surface area is 129 Å². The second kappa shape index (κ2) is 6.89. The van der Waals surface area contributed by atoms with E-state index in [1.165, 1.54) is 12.1 Å². The van der Waals surface area contributed by atoms with Crippen LogP contribution >= 0.6 is 0 Å². The van der Waals surface area contributed by atoms with Crippen LogP contribution in [0.3, 0.4) is 0 Å². The normalized spacial score (nSPS) is 11.7. The lowest BCUT2D eigenvalue weighted by Crippen LogP contribution is -2.14. The van der Waals surface area contributed by atoms with Crippen LogP contribution in [-0.4, -0.2) is 23.9 Å². The van der Waals surface area contributed by atoms with Crippen molar-refractivity contribution in [2.24, 2.45) is 5.92 Å². The summed E-state index contributed by atoms with van der Waals surface area (Å²) in [6.07, 6.45) is 0.733. The zero-order valence-corrected chi connectivity index (χ0v) is 12.7. The van der Waals surface area contributed by atoms with Crippen LogP contribution in [-0.2, 0) is 6.42 Å². The molecule has 4 nitrogen and oxygen atoms in total. The third-order valence-corrected chi connectivity index (χ3v) is 3.61. The molecule has 0 aromatic heterocycles. The highest BCUT2D eigenvalue weighted by atomic mass is 16.5. The van der Waals surface area contributed by atoms with Gasteiger partial charge in [0.1, 0.15) is 5.75 Å². The summed E-state index contributed by atoms with van der Waals surface area (Å²) in [6, 6.07) is 14.3. The van der Waals surface area contributed by atoms with Gasteiger partial charge in [0.05, 0.1) is 12.7 Å². The molecule has 0 bridgehead atoms. The molecule has 0 heterocycles. The fraction of sp³-hybridized carbons (Fsp3) is 0.222. The number of carboxylic acid groups (broad SMARTS) is 1. The van der Waals surface area contributed by atoms with Crippen molar-refractivity contribution in [1.29, 1.82) is 5.41 Å². The van der Waals surface area contributed by atoms with Crippen molar-refractivity contribution < 1.29 is 14.6 Å². The molecule has 0 fully saturated rings. The van der Waals surface area contributed by atoms with Crippen LogP contribution in [0.25, 0.3) is 0 Å². The quantitative estimate of drug-likeness (QED) is 0.800. The summed E-state index contributed by atoms with van der Waals surface area (Å²) < 4.78 is 5.21. The number of hydrogen-bond acceptors (Lipinski definition) is 3. The number of carbonyl (C=O) groups is 1. The van der Waals surface area contributed by atoms with Gasteiger partial charge in [-0.3, -0.25) is 0 Å². The number of ether oxygens (including phenoxy) is 1. The summed E-state index contributed by atoms with van der Waals surface area (Å²) in [6.45, 7) is 1.99. The molecule has 0 aliphatic heterocycles. The van der Waals surface area contributed by atoms with Gasteiger partial charge in [-0.15, -0.1) is 0 Å². The molecule has 0 aliphatic rings. The number of carboxylic acids is 1. The summed E-state index contributed by atoms with van der Waals surface area (Å²) in [5.74, 6) is -0.118. The summed E-state index contributed by atoms with van der Waals surface area (Å²) >= 11 is 0. The number of aromatic carboxylic acids is 1. The van der Waals surface area contributed by atoms with Gasteiger partial charge in [-0.1, -0.05) is 31.2 Å². The van der Waals surface area contributed by atoms with Crippen LogP contribution in [0.4, 0.5) is 0 Å². The van der Waals surface area contributed by atoms with Crippen molar-refractivity contribution in [3.8, 4) is 5.75 Å². The average Bonchev–Trinajstić information content (AvgIpc) is 2.54. The fourth-order valence-electron chi connectivity index (χ4n) is 2.33. The Hall–Kier alpha value is -2.62. The van der Waals surface area contributed by atoms with Crippen molar-refractivity contribution in [2.45, 2.75) is 13.3 Å². The monoisotopic (exact) mass is 297 g/mol. The van der Waals surface area contributed by atoms with Crippen molar-refractivity contribution in [3.63, 3.8) is 0 Å². The summed E-state index contributed by atoms with van der Waals surface area (Å²) in [5, 5.41) is 17.2. The van der Waals surface area contributed by atoms with E-state index < -0.39 is 5.97 Å². The molecule has 114 valence electrons. The van der Waals surface area contributed by atoms with Crippen LogP contribution < -0.4 is 4.74 Å². The number of rotatable bonds is 6. The molecule has 0 radical (unpaired) electrons. The van der Waals surface area contributed by atoms with Gasteiger partial charge >= 0.3 is 5.97 Å². The summed E-state index contributed by atoms with van der Waals surface area (Å²) in [7, 11) is 1.63. The van der Waals surface area contributed by atoms with Gasteiger partial charge in [0.15, 0.2) is 0 Å². The molecule has 22 heavy (non-hydrogen) atoms. The third-order valence-electron chi connectivity index (χ3n) is 3.61. The molecule has 0 spiro atoms. The number of nitrogens with one attached hydrogen (secondary N) is 1. The fourth-order valence-corrected chi connectivity index (χ4v) is 2.33. The third kappa shape index (κ3) is 3.73. The maximum Gasteiger partial charge on any atom is 0.335 e. The maximum atomic E-state index is 10.9. The number of benzene rings is 2. The molecule has 2 rings (SSSR count). The highest BCUT2D eigenvalue weighted by Crippen LogP contribution is 2.19. The van der Waals surface area contributed by atoms with E-state index in [1.54, 1.807) is 19.2 Å². The van der Waals surface area contributed by atoms with Gasteiger partial charge in [0, 0.05) is 11.6 Å². The van der Waals surface area contributed by atoms with E-state index in [1.807, 2.05) is 31.2 Å². The second-order valence-corrected chi connectivity index (χ2v) is 5.25. The zero-order valence-electron chi connectivity index (χ0n) is 12.7. The Morgan fingerprint density at radius 3 is 2.41 bits per heavy atom. The molecule has 2 N–H and O–H groups in total. The van der Waals surface area contributed by atoms with Gasteiger partial charge < -0.3 is 15.3 Å². The van der Waals surface area contributed by atoms with Gasteiger partial charge in [-0.25, -0.2) is 4.79 Å². The molecule has 0 saturated heterocycles. The highest BCUT2D eigenvalue weighted by molar-refractivity contribution is 6.00. The first-order valence-corrected chi connectivity index (χ1v) is 7.06. The lowest BCUT2D eigenvalue weighted by molar-refractivity contribution is 0.0697. The minimum Gasteiger partial charge on any atom is -0.497 e. The van der Waals surface area contributed by atoms with E-state index in [2.05, 4.69) is 0 Å². The maximum absolute atomic E-state index is 10.9. The first-order chi connectivity index (χ1) is 10.5. The molecule has 1 atom stereocenters. The second-order valence-electron chi connectivity index (χ2n) is 5.25. The van der Waals surface area contributed by atoms with Gasteiger partial charge in [-0.2, -0.15) is 0 Å². The topological polar surface area (TPSA) is 70.4 Å². The van der Waals surface area contributed by atoms with Crippen LogP contribution in [0.2, 0.25) is 0 Å². The van der Waals surface area contributed by atoms with Gasteiger partial charge in [-0.05, 0) is 41.8 Å². The van der Waals surface area contributed by atoms with Crippen LogP contribution in [0.1, 0.15) is 28.4 Å². The van der Waals surface area contributed by atoms with E-state index in [4.69, 9.17) is 15.3 Å².